The van der Waals surface area contributed by atoms with Crippen LogP contribution in [-0.2, 0) is 0 Å². The fourth-order valence-corrected chi connectivity index (χ4v) is 2.03. The van der Waals surface area contributed by atoms with Gasteiger partial charge in [0.2, 0.25) is 0 Å². The highest BCUT2D eigenvalue weighted by Crippen LogP contribution is 2.32. The zero-order valence-corrected chi connectivity index (χ0v) is 7.44. The lowest BCUT2D eigenvalue weighted by atomic mass is 10.0. The molecule has 1 aromatic heterocycles. The summed E-state index contributed by atoms with van der Waals surface area (Å²) >= 11 is 0. The molecule has 0 atom stereocenters. The minimum absolute atomic E-state index is 0.329. The van der Waals surface area contributed by atoms with Crippen molar-refractivity contribution in [3.8, 4) is 0 Å². The zero-order chi connectivity index (χ0) is 9.26. The van der Waals surface area contributed by atoms with Crippen LogP contribution in [0.2, 0.25) is 0 Å². The van der Waals surface area contributed by atoms with Crippen LogP contribution in [0.4, 0.5) is 0 Å². The van der Waals surface area contributed by atoms with E-state index in [0.29, 0.717) is 5.92 Å². The Morgan fingerprint density at radius 1 is 1.31 bits per heavy atom. The topological polar surface area (TPSA) is 42.2 Å². The molecular weight excluding hydrogens is 166 g/mol. The van der Waals surface area contributed by atoms with Gasteiger partial charge < -0.3 is 5.21 Å². The molecule has 0 spiro atoms. The van der Waals surface area contributed by atoms with Gasteiger partial charge in [0, 0.05) is 12.0 Å². The Bertz CT molecular complexity index is 350. The average molecular weight is 179 g/mol. The molecule has 3 nitrogen and oxygen atoms in total. The molecule has 3 heteroatoms. The number of hydrogen-bond donors (Lipinski definition) is 1. The molecule has 1 N–H and O–H groups in total. The third-order valence-corrected chi connectivity index (χ3v) is 2.73. The van der Waals surface area contributed by atoms with Crippen molar-refractivity contribution in [2.24, 2.45) is 0 Å². The van der Waals surface area contributed by atoms with Gasteiger partial charge in [-0.25, -0.2) is 0 Å². The monoisotopic (exact) mass is 179 g/mol. The van der Waals surface area contributed by atoms with E-state index in [0.717, 1.165) is 23.3 Å². The Morgan fingerprint density at radius 2 is 2.00 bits per heavy atom. The van der Waals surface area contributed by atoms with Gasteiger partial charge in [0.1, 0.15) is 0 Å². The zero-order valence-electron chi connectivity index (χ0n) is 7.44. The molecule has 0 unspecified atom stereocenters. The summed E-state index contributed by atoms with van der Waals surface area (Å²) in [5.41, 5.74) is 0.439. The van der Waals surface area contributed by atoms with Crippen molar-refractivity contribution in [3.05, 3.63) is 34.2 Å². The summed E-state index contributed by atoms with van der Waals surface area (Å²) in [7, 11) is 0. The largest absolute Gasteiger partial charge is 0.425 e. The number of hydrogen-bond acceptors (Lipinski definition) is 2. The molecule has 1 aliphatic rings. The predicted octanol–water partition coefficient (Wildman–Crippen LogP) is 1.74. The van der Waals surface area contributed by atoms with E-state index in [9.17, 15) is 10.0 Å². The maximum atomic E-state index is 11.1. The summed E-state index contributed by atoms with van der Waals surface area (Å²) in [6.07, 6.45) is 4.58. The van der Waals surface area contributed by atoms with Gasteiger partial charge in [-0.15, -0.1) is 0 Å². The van der Waals surface area contributed by atoms with E-state index in [-0.39, 0.29) is 5.56 Å². The summed E-state index contributed by atoms with van der Waals surface area (Å²) < 4.78 is 0.788. The molecule has 1 aliphatic carbocycles. The SMILES string of the molecule is O=c1cccc(C2CCCC2)n1O. The molecule has 1 aromatic rings. The highest BCUT2D eigenvalue weighted by molar-refractivity contribution is 5.11. The maximum Gasteiger partial charge on any atom is 0.283 e. The van der Waals surface area contributed by atoms with Gasteiger partial charge in [-0.2, -0.15) is 4.73 Å². The normalized spacial score (nSPS) is 17.8. The highest BCUT2D eigenvalue weighted by atomic mass is 16.5. The van der Waals surface area contributed by atoms with Crippen molar-refractivity contribution in [1.29, 1.82) is 0 Å². The van der Waals surface area contributed by atoms with Gasteiger partial charge in [0.25, 0.3) is 5.56 Å². The van der Waals surface area contributed by atoms with Crippen LogP contribution >= 0.6 is 0 Å². The summed E-state index contributed by atoms with van der Waals surface area (Å²) in [5.74, 6) is 0.374. The molecule has 2 rings (SSSR count). The molecular formula is C10H13NO2. The third-order valence-electron chi connectivity index (χ3n) is 2.73. The van der Waals surface area contributed by atoms with Gasteiger partial charge >= 0.3 is 0 Å². The molecule has 13 heavy (non-hydrogen) atoms. The number of pyridine rings is 1. The Morgan fingerprint density at radius 3 is 2.69 bits per heavy atom. The van der Waals surface area contributed by atoms with Crippen molar-refractivity contribution < 1.29 is 5.21 Å². The Labute approximate surface area is 76.6 Å². The molecule has 0 radical (unpaired) electrons. The van der Waals surface area contributed by atoms with Crippen LogP contribution in [0.25, 0.3) is 0 Å². The van der Waals surface area contributed by atoms with Crippen LogP contribution in [-0.4, -0.2) is 9.94 Å². The van der Waals surface area contributed by atoms with Crippen LogP contribution in [0.5, 0.6) is 0 Å². The minimum atomic E-state index is -0.329. The van der Waals surface area contributed by atoms with Crippen molar-refractivity contribution in [3.63, 3.8) is 0 Å². The fraction of sp³-hybridized carbons (Fsp3) is 0.500. The van der Waals surface area contributed by atoms with Gasteiger partial charge in [-0.05, 0) is 18.9 Å². The number of rotatable bonds is 1. The lowest BCUT2D eigenvalue weighted by Gasteiger charge is -2.11. The first kappa shape index (κ1) is 8.35. The molecule has 0 aliphatic heterocycles. The van der Waals surface area contributed by atoms with Crippen LogP contribution < -0.4 is 5.56 Å². The number of nitrogens with zero attached hydrogens (tertiary/aromatic N) is 1. The molecule has 0 saturated heterocycles. The lowest BCUT2D eigenvalue weighted by molar-refractivity contribution is 0.160. The standard InChI is InChI=1S/C10H13NO2/c12-10-7-3-6-9(11(10)13)8-4-1-2-5-8/h3,6-8,13H,1-2,4-5H2. The number of aromatic nitrogens is 1. The molecule has 0 aromatic carbocycles. The van der Waals surface area contributed by atoms with E-state index >= 15 is 0 Å². The van der Waals surface area contributed by atoms with E-state index in [4.69, 9.17) is 0 Å². The molecule has 1 saturated carbocycles. The average Bonchev–Trinajstić information content (AvgIpc) is 2.62. The molecule has 0 bridgehead atoms. The van der Waals surface area contributed by atoms with E-state index in [1.54, 1.807) is 6.07 Å². The van der Waals surface area contributed by atoms with E-state index in [1.807, 2.05) is 6.07 Å². The first-order valence-electron chi connectivity index (χ1n) is 4.70. The van der Waals surface area contributed by atoms with Crippen LogP contribution in [0.15, 0.2) is 23.0 Å². The van der Waals surface area contributed by atoms with Crippen molar-refractivity contribution in [2.45, 2.75) is 31.6 Å². The third kappa shape index (κ3) is 1.46. The Balaban J connectivity index is 2.39. The quantitative estimate of drug-likeness (QED) is 0.667. The van der Waals surface area contributed by atoms with E-state index < -0.39 is 0 Å². The van der Waals surface area contributed by atoms with Crippen LogP contribution in [0, 0.1) is 0 Å². The second kappa shape index (κ2) is 3.24. The second-order valence-electron chi connectivity index (χ2n) is 3.58. The second-order valence-corrected chi connectivity index (χ2v) is 3.58. The first-order valence-corrected chi connectivity index (χ1v) is 4.70. The summed E-state index contributed by atoms with van der Waals surface area (Å²) in [5, 5.41) is 9.46. The van der Waals surface area contributed by atoms with Crippen molar-refractivity contribution in [1.82, 2.24) is 4.73 Å². The summed E-state index contributed by atoms with van der Waals surface area (Å²) in [6, 6.07) is 4.92. The van der Waals surface area contributed by atoms with Crippen molar-refractivity contribution >= 4 is 0 Å². The molecule has 1 heterocycles. The maximum absolute atomic E-state index is 11.1. The summed E-state index contributed by atoms with van der Waals surface area (Å²) in [6.45, 7) is 0. The Kier molecular flexibility index (Phi) is 2.08. The van der Waals surface area contributed by atoms with Gasteiger partial charge in [-0.1, -0.05) is 18.9 Å². The van der Waals surface area contributed by atoms with Crippen molar-refractivity contribution in [2.75, 3.05) is 0 Å². The van der Waals surface area contributed by atoms with Gasteiger partial charge in [-0.3, -0.25) is 4.79 Å². The smallest absolute Gasteiger partial charge is 0.283 e. The van der Waals surface area contributed by atoms with Gasteiger partial charge in [0.05, 0.1) is 5.69 Å². The first-order chi connectivity index (χ1) is 6.29. The molecule has 0 amide bonds. The van der Waals surface area contributed by atoms with Gasteiger partial charge in [0.15, 0.2) is 0 Å². The van der Waals surface area contributed by atoms with E-state index in [1.165, 1.54) is 18.9 Å². The van der Waals surface area contributed by atoms with Crippen LogP contribution in [0.3, 0.4) is 0 Å². The lowest BCUT2D eigenvalue weighted by Crippen LogP contribution is -2.21. The highest BCUT2D eigenvalue weighted by Gasteiger charge is 2.20. The predicted molar refractivity (Wildman–Crippen MR) is 49.1 cm³/mol. The Hall–Kier alpha value is -1.25. The van der Waals surface area contributed by atoms with E-state index in [2.05, 4.69) is 0 Å². The van der Waals surface area contributed by atoms with Crippen LogP contribution in [0.1, 0.15) is 37.3 Å². The molecule has 1 fully saturated rings. The fourth-order valence-electron chi connectivity index (χ4n) is 2.03. The summed E-state index contributed by atoms with van der Waals surface area (Å²) in [4.78, 5) is 11.1. The molecule has 70 valence electrons. The minimum Gasteiger partial charge on any atom is -0.425 e.